The van der Waals surface area contributed by atoms with Crippen LogP contribution in [0.25, 0.3) is 0 Å². The van der Waals surface area contributed by atoms with Crippen LogP contribution < -0.4 is 5.32 Å². The van der Waals surface area contributed by atoms with Gasteiger partial charge in [-0.25, -0.2) is 4.98 Å². The monoisotopic (exact) mass is 182 g/mol. The Kier molecular flexibility index (Phi) is 3.49. The Morgan fingerprint density at radius 3 is 3.00 bits per heavy atom. The molecule has 0 fully saturated rings. The van der Waals surface area contributed by atoms with Gasteiger partial charge >= 0.3 is 0 Å². The summed E-state index contributed by atoms with van der Waals surface area (Å²) in [5.41, 5.74) is 0.818. The average molecular weight is 182 g/mol. The van der Waals surface area contributed by atoms with Crippen molar-refractivity contribution in [3.05, 3.63) is 18.4 Å². The highest BCUT2D eigenvalue weighted by Crippen LogP contribution is 1.98. The first-order valence-corrected chi connectivity index (χ1v) is 4.35. The van der Waals surface area contributed by atoms with Gasteiger partial charge < -0.3 is 9.73 Å². The Bertz CT molecular complexity index is 255. The Morgan fingerprint density at radius 2 is 2.46 bits per heavy atom. The van der Waals surface area contributed by atoms with Gasteiger partial charge in [0.25, 0.3) is 0 Å². The quantitative estimate of drug-likeness (QED) is 0.759. The number of carbonyl (C=O) groups is 1. The number of hydrogen-bond donors (Lipinski definition) is 1. The molecule has 4 heteroatoms. The third kappa shape index (κ3) is 3.73. The summed E-state index contributed by atoms with van der Waals surface area (Å²) < 4.78 is 4.79. The zero-order valence-electron chi connectivity index (χ0n) is 7.91. The van der Waals surface area contributed by atoms with Gasteiger partial charge in [-0.1, -0.05) is 0 Å². The third-order valence-corrected chi connectivity index (χ3v) is 1.54. The van der Waals surface area contributed by atoms with Crippen LogP contribution in [0.4, 0.5) is 0 Å². The summed E-state index contributed by atoms with van der Waals surface area (Å²) >= 11 is 0. The van der Waals surface area contributed by atoms with Gasteiger partial charge in [-0.3, -0.25) is 4.79 Å². The minimum atomic E-state index is 0.0537. The zero-order chi connectivity index (χ0) is 9.68. The lowest BCUT2D eigenvalue weighted by atomic mass is 10.2. The van der Waals surface area contributed by atoms with Gasteiger partial charge in [0.15, 0.2) is 6.39 Å². The molecule has 1 amide bonds. The summed E-state index contributed by atoms with van der Waals surface area (Å²) in [6.07, 6.45) is 4.03. The molecule has 72 valence electrons. The minimum Gasteiger partial charge on any atom is -0.451 e. The molecule has 0 bridgehead atoms. The van der Waals surface area contributed by atoms with Gasteiger partial charge in [-0.15, -0.1) is 0 Å². The first kappa shape index (κ1) is 9.77. The second kappa shape index (κ2) is 4.64. The molecular weight excluding hydrogens is 168 g/mol. The molecule has 4 nitrogen and oxygen atoms in total. The maximum atomic E-state index is 11.2. The molecule has 0 radical (unpaired) electrons. The van der Waals surface area contributed by atoms with Gasteiger partial charge in [0.1, 0.15) is 6.26 Å². The number of rotatable bonds is 4. The van der Waals surface area contributed by atoms with E-state index in [0.717, 1.165) is 5.69 Å². The highest BCUT2D eigenvalue weighted by atomic mass is 16.3. The van der Waals surface area contributed by atoms with E-state index in [2.05, 4.69) is 10.3 Å². The molecule has 0 saturated carbocycles. The Hall–Kier alpha value is -1.32. The molecule has 0 spiro atoms. The van der Waals surface area contributed by atoms with Crippen molar-refractivity contribution in [2.75, 3.05) is 0 Å². The molecule has 0 aliphatic carbocycles. The molecular formula is C9H14N2O2. The number of oxazole rings is 1. The summed E-state index contributed by atoms with van der Waals surface area (Å²) in [5.74, 6) is 0.0537. The van der Waals surface area contributed by atoms with E-state index in [1.54, 1.807) is 6.26 Å². The molecule has 1 rings (SSSR count). The number of nitrogens with one attached hydrogen (secondary N) is 1. The molecule has 13 heavy (non-hydrogen) atoms. The standard InChI is InChI=1S/C9H14N2O2/c1-7(2)11-9(12)4-3-8-5-13-6-10-8/h5-7H,3-4H2,1-2H3,(H,11,12). The lowest BCUT2D eigenvalue weighted by Crippen LogP contribution is -2.30. The lowest BCUT2D eigenvalue weighted by Gasteiger charge is -2.06. The highest BCUT2D eigenvalue weighted by molar-refractivity contribution is 5.76. The van der Waals surface area contributed by atoms with E-state index in [1.165, 1.54) is 6.39 Å². The molecule has 0 atom stereocenters. The zero-order valence-corrected chi connectivity index (χ0v) is 7.91. The van der Waals surface area contributed by atoms with E-state index < -0.39 is 0 Å². The number of hydrogen-bond acceptors (Lipinski definition) is 3. The predicted octanol–water partition coefficient (Wildman–Crippen LogP) is 1.13. The van der Waals surface area contributed by atoms with Crippen LogP contribution in [0.2, 0.25) is 0 Å². The van der Waals surface area contributed by atoms with Crippen molar-refractivity contribution < 1.29 is 9.21 Å². The van der Waals surface area contributed by atoms with Crippen molar-refractivity contribution in [1.82, 2.24) is 10.3 Å². The van der Waals surface area contributed by atoms with Gasteiger partial charge in [0.05, 0.1) is 5.69 Å². The van der Waals surface area contributed by atoms with Crippen molar-refractivity contribution in [2.45, 2.75) is 32.7 Å². The predicted molar refractivity (Wildman–Crippen MR) is 48.1 cm³/mol. The summed E-state index contributed by atoms with van der Waals surface area (Å²) in [7, 11) is 0. The first-order chi connectivity index (χ1) is 6.18. The number of carbonyl (C=O) groups excluding carboxylic acids is 1. The van der Waals surface area contributed by atoms with Gasteiger partial charge in [-0.2, -0.15) is 0 Å². The van der Waals surface area contributed by atoms with E-state index in [1.807, 2.05) is 13.8 Å². The van der Waals surface area contributed by atoms with Gasteiger partial charge in [0.2, 0.25) is 5.91 Å². The number of amides is 1. The normalized spacial score (nSPS) is 10.4. The van der Waals surface area contributed by atoms with Crippen LogP contribution in [0, 0.1) is 0 Å². The molecule has 0 saturated heterocycles. The van der Waals surface area contributed by atoms with Crippen molar-refractivity contribution in [3.8, 4) is 0 Å². The average Bonchev–Trinajstić information content (AvgIpc) is 2.51. The molecule has 0 aliphatic heterocycles. The molecule has 0 aliphatic rings. The molecule has 0 aromatic carbocycles. The summed E-state index contributed by atoms with van der Waals surface area (Å²) in [6, 6.07) is 0.199. The van der Waals surface area contributed by atoms with Crippen molar-refractivity contribution >= 4 is 5.91 Å². The van der Waals surface area contributed by atoms with Gasteiger partial charge in [-0.05, 0) is 13.8 Å². The molecule has 1 heterocycles. The van der Waals surface area contributed by atoms with Crippen molar-refractivity contribution in [1.29, 1.82) is 0 Å². The second-order valence-electron chi connectivity index (χ2n) is 3.20. The number of nitrogens with zero attached hydrogens (tertiary/aromatic N) is 1. The molecule has 1 aromatic heterocycles. The maximum Gasteiger partial charge on any atom is 0.220 e. The Balaban J connectivity index is 2.23. The minimum absolute atomic E-state index is 0.0537. The highest BCUT2D eigenvalue weighted by Gasteiger charge is 2.04. The Labute approximate surface area is 77.3 Å². The molecule has 1 aromatic rings. The Morgan fingerprint density at radius 1 is 1.69 bits per heavy atom. The largest absolute Gasteiger partial charge is 0.451 e. The SMILES string of the molecule is CC(C)NC(=O)CCc1cocn1. The third-order valence-electron chi connectivity index (χ3n) is 1.54. The van der Waals surface area contributed by atoms with Crippen LogP contribution in [0.3, 0.4) is 0 Å². The van der Waals surface area contributed by atoms with E-state index in [-0.39, 0.29) is 11.9 Å². The second-order valence-corrected chi connectivity index (χ2v) is 3.20. The smallest absolute Gasteiger partial charge is 0.220 e. The molecule has 1 N–H and O–H groups in total. The fourth-order valence-electron chi connectivity index (χ4n) is 0.997. The van der Waals surface area contributed by atoms with Crippen molar-refractivity contribution in [2.24, 2.45) is 0 Å². The van der Waals surface area contributed by atoms with Crippen LogP contribution in [0.15, 0.2) is 17.1 Å². The van der Waals surface area contributed by atoms with Crippen LogP contribution in [-0.2, 0) is 11.2 Å². The van der Waals surface area contributed by atoms with E-state index >= 15 is 0 Å². The number of aromatic nitrogens is 1. The number of aryl methyl sites for hydroxylation is 1. The maximum absolute atomic E-state index is 11.2. The first-order valence-electron chi connectivity index (χ1n) is 4.35. The van der Waals surface area contributed by atoms with Crippen LogP contribution in [0.1, 0.15) is 26.0 Å². The lowest BCUT2D eigenvalue weighted by molar-refractivity contribution is -0.121. The van der Waals surface area contributed by atoms with Crippen molar-refractivity contribution in [3.63, 3.8) is 0 Å². The van der Waals surface area contributed by atoms with Crippen LogP contribution in [-0.4, -0.2) is 16.9 Å². The van der Waals surface area contributed by atoms with E-state index in [9.17, 15) is 4.79 Å². The van der Waals surface area contributed by atoms with E-state index in [0.29, 0.717) is 12.8 Å². The fraction of sp³-hybridized carbons (Fsp3) is 0.556. The van der Waals surface area contributed by atoms with Gasteiger partial charge in [0, 0.05) is 18.9 Å². The summed E-state index contributed by atoms with van der Waals surface area (Å²) in [6.45, 7) is 3.88. The fourth-order valence-corrected chi connectivity index (χ4v) is 0.997. The van der Waals surface area contributed by atoms with Crippen LogP contribution >= 0.6 is 0 Å². The summed E-state index contributed by atoms with van der Waals surface area (Å²) in [5, 5.41) is 2.81. The topological polar surface area (TPSA) is 55.1 Å². The van der Waals surface area contributed by atoms with Crippen LogP contribution in [0.5, 0.6) is 0 Å². The molecule has 0 unspecified atom stereocenters. The summed E-state index contributed by atoms with van der Waals surface area (Å²) in [4.78, 5) is 15.1. The van der Waals surface area contributed by atoms with E-state index in [4.69, 9.17) is 4.42 Å².